The zero-order valence-corrected chi connectivity index (χ0v) is 10.0. The summed E-state index contributed by atoms with van der Waals surface area (Å²) in [6, 6.07) is 3.22. The lowest BCUT2D eigenvalue weighted by Gasteiger charge is -1.92. The van der Waals surface area contributed by atoms with Gasteiger partial charge in [-0.1, -0.05) is 0 Å². The number of aromatic nitrogens is 4. The predicted octanol–water partition coefficient (Wildman–Crippen LogP) is -0.225. The number of aliphatic hydroxyl groups is 1. The van der Waals surface area contributed by atoms with Crippen LogP contribution in [0, 0.1) is 0 Å². The molecule has 0 aliphatic rings. The van der Waals surface area contributed by atoms with Crippen LogP contribution in [0.15, 0.2) is 31.1 Å². The Morgan fingerprint density at radius 3 is 2.90 bits per heavy atom. The second kappa shape index (κ2) is 4.63. The molecule has 0 saturated heterocycles. The van der Waals surface area contributed by atoms with Crippen LogP contribution in [0.3, 0.4) is 0 Å². The molecule has 102 valence electrons. The van der Waals surface area contributed by atoms with Crippen LogP contribution in [-0.4, -0.2) is 31.3 Å². The van der Waals surface area contributed by atoms with E-state index in [0.717, 1.165) is 0 Å². The zero-order chi connectivity index (χ0) is 14.1. The Morgan fingerprint density at radius 1 is 1.30 bits per heavy atom. The molecule has 9 heteroatoms. The molecular weight excluding hydrogens is 266 g/mol. The molecular formula is C11H9N5O4. The molecule has 0 saturated carbocycles. The smallest absolute Gasteiger partial charge is 0.325 e. The zero-order valence-electron chi connectivity index (χ0n) is 10.0. The Labute approximate surface area is 110 Å². The van der Waals surface area contributed by atoms with Crippen molar-refractivity contribution in [2.75, 3.05) is 0 Å². The lowest BCUT2D eigenvalue weighted by molar-refractivity contribution is 0.247. The van der Waals surface area contributed by atoms with E-state index in [1.807, 2.05) is 0 Å². The van der Waals surface area contributed by atoms with E-state index in [2.05, 4.69) is 24.9 Å². The van der Waals surface area contributed by atoms with Crippen LogP contribution in [0.2, 0.25) is 0 Å². The normalized spacial score (nSPS) is 11.7. The molecule has 0 bridgehead atoms. The van der Waals surface area contributed by atoms with Gasteiger partial charge in [0, 0.05) is 0 Å². The molecule has 3 rings (SSSR count). The predicted molar refractivity (Wildman–Crippen MR) is 69.2 cm³/mol. The molecule has 0 atom stereocenters. The first-order valence-electron chi connectivity index (χ1n) is 5.61. The molecule has 3 aromatic rings. The highest BCUT2D eigenvalue weighted by molar-refractivity contribution is 5.78. The van der Waals surface area contributed by atoms with Gasteiger partial charge < -0.3 is 9.52 Å². The topological polar surface area (TPSA) is 140 Å². The lowest BCUT2D eigenvalue weighted by Crippen LogP contribution is -2.08. The highest BCUT2D eigenvalue weighted by Crippen LogP contribution is 2.08. The second-order valence-electron chi connectivity index (χ2n) is 3.91. The van der Waals surface area contributed by atoms with Crippen molar-refractivity contribution in [3.05, 3.63) is 44.5 Å². The summed E-state index contributed by atoms with van der Waals surface area (Å²) in [7, 11) is 0. The van der Waals surface area contributed by atoms with Crippen molar-refractivity contribution in [1.29, 1.82) is 0 Å². The van der Waals surface area contributed by atoms with Gasteiger partial charge in [-0.2, -0.15) is 4.98 Å². The number of imidazole rings is 1. The van der Waals surface area contributed by atoms with Gasteiger partial charge in [0.1, 0.15) is 18.1 Å². The molecule has 0 fully saturated rings. The summed E-state index contributed by atoms with van der Waals surface area (Å²) in [5.74, 6) is 0.831. The molecule has 0 spiro atoms. The number of H-pyrrole nitrogens is 3. The molecule has 0 amide bonds. The van der Waals surface area contributed by atoms with E-state index in [1.54, 1.807) is 12.1 Å². The van der Waals surface area contributed by atoms with E-state index in [9.17, 15) is 9.59 Å². The van der Waals surface area contributed by atoms with Crippen molar-refractivity contribution in [3.8, 4) is 0 Å². The maximum absolute atomic E-state index is 11.7. The highest BCUT2D eigenvalue weighted by atomic mass is 16.4. The molecule has 0 unspecified atom stereocenters. The summed E-state index contributed by atoms with van der Waals surface area (Å²) in [6.07, 6.45) is 1.34. The number of furan rings is 1. The minimum atomic E-state index is -0.516. The van der Waals surface area contributed by atoms with Gasteiger partial charge in [0.15, 0.2) is 11.2 Å². The third kappa shape index (κ3) is 2.17. The third-order valence-corrected chi connectivity index (χ3v) is 2.53. The number of aliphatic hydroxyl groups excluding tert-OH is 1. The maximum Gasteiger partial charge on any atom is 0.325 e. The quantitative estimate of drug-likeness (QED) is 0.489. The van der Waals surface area contributed by atoms with Crippen LogP contribution in [-0.2, 0) is 6.61 Å². The van der Waals surface area contributed by atoms with Crippen molar-refractivity contribution in [2.45, 2.75) is 6.61 Å². The first-order chi connectivity index (χ1) is 9.65. The fourth-order valence-electron chi connectivity index (χ4n) is 1.65. The number of nitrogens with zero attached hydrogens (tertiary/aromatic N) is 2. The minimum Gasteiger partial charge on any atom is -0.458 e. The van der Waals surface area contributed by atoms with Gasteiger partial charge in [0.25, 0.3) is 5.56 Å². The fraction of sp³-hybridized carbons (Fsp3) is 0.0909. The highest BCUT2D eigenvalue weighted by Gasteiger charge is 2.06. The van der Waals surface area contributed by atoms with Crippen molar-refractivity contribution >= 4 is 23.3 Å². The summed E-state index contributed by atoms with van der Waals surface area (Å²) in [4.78, 5) is 37.8. The van der Waals surface area contributed by atoms with Crippen molar-refractivity contribution in [1.82, 2.24) is 19.9 Å². The maximum atomic E-state index is 11.7. The van der Waals surface area contributed by atoms with Crippen LogP contribution in [0.4, 0.5) is 5.95 Å². The SMILES string of the molecule is O=c1[nH]c2nc(N=Cc3ccc(CO)o3)[nH]c(=O)c2[nH]1. The van der Waals surface area contributed by atoms with Crippen LogP contribution in [0.1, 0.15) is 11.5 Å². The summed E-state index contributed by atoms with van der Waals surface area (Å²) in [6.45, 7) is -0.209. The monoisotopic (exact) mass is 275 g/mol. The summed E-state index contributed by atoms with van der Waals surface area (Å²) < 4.78 is 5.19. The van der Waals surface area contributed by atoms with Gasteiger partial charge in [-0.25, -0.2) is 9.79 Å². The van der Waals surface area contributed by atoms with Gasteiger partial charge in [-0.15, -0.1) is 0 Å². The Bertz CT molecular complexity index is 897. The number of rotatable bonds is 3. The van der Waals surface area contributed by atoms with Crippen LogP contribution in [0.5, 0.6) is 0 Å². The molecule has 3 heterocycles. The van der Waals surface area contributed by atoms with E-state index < -0.39 is 11.2 Å². The first kappa shape index (κ1) is 12.1. The largest absolute Gasteiger partial charge is 0.458 e. The number of nitrogens with one attached hydrogen (secondary N) is 3. The van der Waals surface area contributed by atoms with Gasteiger partial charge in [0.05, 0.1) is 6.21 Å². The van der Waals surface area contributed by atoms with Gasteiger partial charge in [-0.05, 0) is 12.1 Å². The minimum absolute atomic E-state index is 0.0275. The number of aliphatic imine (C=N–C) groups is 1. The van der Waals surface area contributed by atoms with E-state index in [0.29, 0.717) is 11.5 Å². The third-order valence-electron chi connectivity index (χ3n) is 2.53. The first-order valence-corrected chi connectivity index (χ1v) is 5.61. The van der Waals surface area contributed by atoms with Crippen molar-refractivity contribution in [2.24, 2.45) is 4.99 Å². The molecule has 4 N–H and O–H groups in total. The summed E-state index contributed by atoms with van der Waals surface area (Å²) >= 11 is 0. The molecule has 9 nitrogen and oxygen atoms in total. The van der Waals surface area contributed by atoms with Crippen molar-refractivity contribution < 1.29 is 9.52 Å². The van der Waals surface area contributed by atoms with E-state index in [4.69, 9.17) is 9.52 Å². The van der Waals surface area contributed by atoms with E-state index in [1.165, 1.54) is 6.21 Å². The van der Waals surface area contributed by atoms with Crippen LogP contribution < -0.4 is 11.2 Å². The Balaban J connectivity index is 1.98. The van der Waals surface area contributed by atoms with Gasteiger partial charge in [0.2, 0.25) is 5.95 Å². The van der Waals surface area contributed by atoms with E-state index in [-0.39, 0.29) is 23.7 Å². The molecule has 0 radical (unpaired) electrons. The standard InChI is InChI=1S/C11H9N5O4/c17-4-6-2-1-5(20-6)3-12-10-14-8-7(9(18)16-10)13-11(19)15-8/h1-3,17H,4H2,(H3,13,14,15,16,18,19). The second-order valence-corrected chi connectivity index (χ2v) is 3.91. The molecule has 0 aromatic carbocycles. The van der Waals surface area contributed by atoms with E-state index >= 15 is 0 Å². The Morgan fingerprint density at radius 2 is 2.15 bits per heavy atom. The molecule has 20 heavy (non-hydrogen) atoms. The Hall–Kier alpha value is -2.94. The fourth-order valence-corrected chi connectivity index (χ4v) is 1.65. The molecule has 0 aliphatic carbocycles. The van der Waals surface area contributed by atoms with Gasteiger partial charge in [-0.3, -0.25) is 19.7 Å². The summed E-state index contributed by atoms with van der Waals surface area (Å²) in [5.41, 5.74) is -0.829. The van der Waals surface area contributed by atoms with Crippen LogP contribution in [0.25, 0.3) is 11.2 Å². The number of hydrogen-bond donors (Lipinski definition) is 4. The number of fused-ring (bicyclic) bond motifs is 1. The average Bonchev–Trinajstić information content (AvgIpc) is 3.02. The summed E-state index contributed by atoms with van der Waals surface area (Å²) in [5, 5.41) is 8.86. The average molecular weight is 275 g/mol. The van der Waals surface area contributed by atoms with Gasteiger partial charge >= 0.3 is 5.69 Å². The van der Waals surface area contributed by atoms with Crippen LogP contribution >= 0.6 is 0 Å². The number of aromatic amines is 3. The lowest BCUT2D eigenvalue weighted by atomic mass is 10.4. The van der Waals surface area contributed by atoms with Crippen molar-refractivity contribution in [3.63, 3.8) is 0 Å². The molecule has 0 aliphatic heterocycles. The number of hydrogen-bond acceptors (Lipinski definition) is 6. The Kier molecular flexibility index (Phi) is 2.80. The molecule has 3 aromatic heterocycles.